The zero-order chi connectivity index (χ0) is 40.1. The average molecular weight is 748 g/mol. The molecule has 2 N–H and O–H groups in total. The van der Waals surface area contributed by atoms with Crippen LogP contribution < -0.4 is 5.32 Å². The third kappa shape index (κ3) is 7.00. The summed E-state index contributed by atoms with van der Waals surface area (Å²) in [6.45, 7) is 21.6. The summed E-state index contributed by atoms with van der Waals surface area (Å²) in [5.41, 5.74) is 0.549. The molecule has 8 nitrogen and oxygen atoms in total. The molecule has 5 aliphatic rings. The number of nitrogens with one attached hydrogen (secondary N) is 1. The molecule has 1 aromatic rings. The van der Waals surface area contributed by atoms with Crippen molar-refractivity contribution >= 4 is 23.7 Å². The van der Waals surface area contributed by atoms with Gasteiger partial charge < -0.3 is 19.9 Å². The summed E-state index contributed by atoms with van der Waals surface area (Å²) in [6, 6.07) is 12.0. The van der Waals surface area contributed by atoms with Gasteiger partial charge in [-0.2, -0.15) is 0 Å². The number of carbonyl (C=O) groups excluding carboxylic acids is 3. The van der Waals surface area contributed by atoms with E-state index in [1.165, 1.54) is 12.5 Å². The zero-order valence-electron chi connectivity index (χ0n) is 35.1. The lowest BCUT2D eigenvalue weighted by atomic mass is 9.33. The number of benzene rings is 1. The number of fused-ring (bicyclic) bond motifs is 7. The van der Waals surface area contributed by atoms with Crippen LogP contribution in [0.15, 0.2) is 47.5 Å². The Morgan fingerprint density at radius 1 is 0.870 bits per heavy atom. The highest BCUT2D eigenvalue weighted by molar-refractivity contribution is 6.01. The van der Waals surface area contributed by atoms with E-state index < -0.39 is 22.8 Å². The highest BCUT2D eigenvalue weighted by Gasteiger charge is 2.71. The summed E-state index contributed by atoms with van der Waals surface area (Å²) in [6.07, 6.45) is 7.50. The minimum atomic E-state index is -1.16. The van der Waals surface area contributed by atoms with Crippen LogP contribution in [0.25, 0.3) is 0 Å². The molecule has 9 atom stereocenters. The fourth-order valence-electron chi connectivity index (χ4n) is 13.0. The topological polar surface area (TPSA) is 119 Å². The van der Waals surface area contributed by atoms with Crippen LogP contribution in [0, 0.1) is 56.2 Å². The van der Waals surface area contributed by atoms with Gasteiger partial charge in [0.15, 0.2) is 5.78 Å². The van der Waals surface area contributed by atoms with Crippen LogP contribution in [0.1, 0.15) is 133 Å². The molecule has 0 aromatic heterocycles. The minimum Gasteiger partial charge on any atom is -0.481 e. The minimum absolute atomic E-state index is 0.0101. The second-order valence-electron chi connectivity index (χ2n) is 19.9. The first-order chi connectivity index (χ1) is 25.1. The number of aliphatic carboxylic acids is 1. The third-order valence-corrected chi connectivity index (χ3v) is 15.8. The molecule has 4 saturated carbocycles. The quantitative estimate of drug-likeness (QED) is 0.240. The van der Waals surface area contributed by atoms with Crippen molar-refractivity contribution in [2.24, 2.45) is 56.2 Å². The third-order valence-electron chi connectivity index (χ3n) is 15.8. The Hall–Kier alpha value is -3.00. The van der Waals surface area contributed by atoms with Crippen molar-refractivity contribution < 1.29 is 33.8 Å². The number of esters is 2. The van der Waals surface area contributed by atoms with Gasteiger partial charge in [0.05, 0.1) is 11.8 Å². The van der Waals surface area contributed by atoms with Crippen molar-refractivity contribution in [3.8, 4) is 0 Å². The lowest BCUT2D eigenvalue weighted by Gasteiger charge is -2.72. The monoisotopic (exact) mass is 748 g/mol. The van der Waals surface area contributed by atoms with Crippen LogP contribution in [-0.2, 0) is 28.7 Å². The Kier molecular flexibility index (Phi) is 11.8. The number of ether oxygens (including phenoxy) is 2. The molecule has 0 bridgehead atoms. The second kappa shape index (κ2) is 15.2. The molecule has 6 rings (SSSR count). The molecular formula is C46H69NO7. The second-order valence-corrected chi connectivity index (χ2v) is 19.9. The average Bonchev–Trinajstić information content (AvgIpc) is 3.40. The summed E-state index contributed by atoms with van der Waals surface area (Å²) in [5.74, 6) is -0.242. The fourth-order valence-corrected chi connectivity index (χ4v) is 13.0. The number of Topliss-reactive ketones (excluding diaryl/α,β-unsaturated/α-hetero) is 1. The van der Waals surface area contributed by atoms with Crippen molar-refractivity contribution in [3.63, 3.8) is 0 Å². The number of carboxylic acids is 1. The first-order valence-electron chi connectivity index (χ1n) is 20.6. The Morgan fingerprint density at radius 2 is 1.48 bits per heavy atom. The van der Waals surface area contributed by atoms with Crippen molar-refractivity contribution in [3.05, 3.63) is 47.5 Å². The molecule has 1 aromatic carbocycles. The molecule has 0 saturated heterocycles. The van der Waals surface area contributed by atoms with Crippen LogP contribution in [0.5, 0.6) is 0 Å². The predicted octanol–water partition coefficient (Wildman–Crippen LogP) is 9.22. The van der Waals surface area contributed by atoms with Crippen molar-refractivity contribution in [2.45, 2.75) is 146 Å². The summed E-state index contributed by atoms with van der Waals surface area (Å²) >= 11 is 0. The van der Waals surface area contributed by atoms with Crippen molar-refractivity contribution in [1.29, 1.82) is 0 Å². The van der Waals surface area contributed by atoms with Gasteiger partial charge in [0.1, 0.15) is 12.2 Å². The van der Waals surface area contributed by atoms with Crippen molar-refractivity contribution in [2.75, 3.05) is 13.6 Å². The van der Waals surface area contributed by atoms with E-state index in [2.05, 4.69) is 53.8 Å². The molecule has 0 heterocycles. The van der Waals surface area contributed by atoms with E-state index in [1.807, 2.05) is 43.4 Å². The molecule has 8 heteroatoms. The van der Waals surface area contributed by atoms with Crippen LogP contribution in [0.2, 0.25) is 0 Å². The number of ketones is 1. The molecule has 0 aliphatic heterocycles. The number of carboxylic acid groups (broad SMARTS) is 1. The van der Waals surface area contributed by atoms with E-state index in [0.29, 0.717) is 24.8 Å². The standard InChI is InChI=1S/C40H63NO7.C6H6/c1-23(2)32-26(43)20-40(30(22-41-11)47-24(3)42)19-18-38(9)25(33(32)40)12-13-28-37(8)16-15-29(48-31(44)21-35(4,5)34(45)46)36(6,7)27(37)14-17-39(28,38)10;1-2-4-6-5-3-1/h23,25,27-30,41H,12-22H2,1-11H3,(H,45,46);1-6H/t25-,27+,28-,29+,30+,37+,38-,39-,40+;/m1./s1. The summed E-state index contributed by atoms with van der Waals surface area (Å²) in [4.78, 5) is 51.1. The molecule has 0 spiro atoms. The van der Waals surface area contributed by atoms with Crippen LogP contribution in [0.3, 0.4) is 0 Å². The Morgan fingerprint density at radius 3 is 2.02 bits per heavy atom. The Bertz CT molecular complexity index is 1590. The van der Waals surface area contributed by atoms with Crippen molar-refractivity contribution in [1.82, 2.24) is 5.32 Å². The van der Waals surface area contributed by atoms with Crippen LogP contribution in [0.4, 0.5) is 0 Å². The predicted molar refractivity (Wildman–Crippen MR) is 211 cm³/mol. The number of carbonyl (C=O) groups is 4. The molecule has 54 heavy (non-hydrogen) atoms. The zero-order valence-corrected chi connectivity index (χ0v) is 35.1. The van der Waals surface area contributed by atoms with Gasteiger partial charge in [0.25, 0.3) is 0 Å². The van der Waals surface area contributed by atoms with E-state index in [0.717, 1.165) is 56.9 Å². The Balaban J connectivity index is 0.000000850. The lowest BCUT2D eigenvalue weighted by molar-refractivity contribution is -0.235. The fraction of sp³-hybridized carbons (Fsp3) is 0.739. The van der Waals surface area contributed by atoms with Gasteiger partial charge in [0.2, 0.25) is 0 Å². The first-order valence-corrected chi connectivity index (χ1v) is 20.6. The molecule has 4 fully saturated rings. The summed E-state index contributed by atoms with van der Waals surface area (Å²) < 4.78 is 12.2. The summed E-state index contributed by atoms with van der Waals surface area (Å²) in [5, 5.41) is 12.9. The van der Waals surface area contributed by atoms with Gasteiger partial charge in [-0.1, -0.05) is 84.9 Å². The van der Waals surface area contributed by atoms with E-state index >= 15 is 0 Å². The maximum atomic E-state index is 14.0. The normalized spacial score (nSPS) is 36.0. The van der Waals surface area contributed by atoms with Gasteiger partial charge in [-0.3, -0.25) is 19.2 Å². The van der Waals surface area contributed by atoms with E-state index in [9.17, 15) is 24.3 Å². The van der Waals surface area contributed by atoms with Gasteiger partial charge in [-0.15, -0.1) is 0 Å². The Labute approximate surface area is 325 Å². The SMILES string of the molecule is CNC[C@H](OC(C)=O)[C@@]12CC[C@]3(C)[C@H](CC[C@@H]4[C@@]5(C)CC[C@H](OC(=O)CC(C)(C)C(=O)O)C(C)(C)[C@@H]5CC[C@]43C)C1=C(C(C)C)C(=O)C2.c1ccccc1. The van der Waals surface area contributed by atoms with Gasteiger partial charge in [0, 0.05) is 30.7 Å². The summed E-state index contributed by atoms with van der Waals surface area (Å²) in [7, 11) is 1.89. The van der Waals surface area contributed by atoms with E-state index in [4.69, 9.17) is 9.47 Å². The first kappa shape index (κ1) is 42.1. The number of rotatable bonds is 9. The molecule has 0 radical (unpaired) electrons. The van der Waals surface area contributed by atoms with Gasteiger partial charge in [-0.25, -0.2) is 0 Å². The van der Waals surface area contributed by atoms with E-state index in [-0.39, 0.29) is 63.9 Å². The molecular weight excluding hydrogens is 679 g/mol. The lowest BCUT2D eigenvalue weighted by Crippen LogP contribution is -2.66. The molecule has 0 unspecified atom stereocenters. The highest BCUT2D eigenvalue weighted by Crippen LogP contribution is 2.77. The number of likely N-dealkylation sites (N-methyl/N-ethyl adjacent to an activating group) is 1. The number of allylic oxidation sites excluding steroid dienone is 1. The van der Waals surface area contributed by atoms with Gasteiger partial charge >= 0.3 is 17.9 Å². The van der Waals surface area contributed by atoms with Crippen LogP contribution in [-0.4, -0.2) is 54.6 Å². The molecule has 300 valence electrons. The largest absolute Gasteiger partial charge is 0.481 e. The molecule has 0 amide bonds. The van der Waals surface area contributed by atoms with E-state index in [1.54, 1.807) is 13.8 Å². The number of hydrogen-bond donors (Lipinski definition) is 2. The smallest absolute Gasteiger partial charge is 0.309 e. The maximum Gasteiger partial charge on any atom is 0.309 e. The van der Waals surface area contributed by atoms with Gasteiger partial charge in [-0.05, 0) is 123 Å². The molecule has 5 aliphatic carbocycles. The van der Waals surface area contributed by atoms with Crippen LogP contribution >= 0.6 is 0 Å². The number of hydrogen-bond acceptors (Lipinski definition) is 7. The highest BCUT2D eigenvalue weighted by atomic mass is 16.5. The maximum absolute atomic E-state index is 14.0.